The molecule has 0 bridgehead atoms. The molecule has 8 heteroatoms. The highest BCUT2D eigenvalue weighted by Gasteiger charge is 2.33. The molecule has 0 aliphatic carbocycles. The van der Waals surface area contributed by atoms with Gasteiger partial charge in [-0.05, 0) is 13.0 Å². The van der Waals surface area contributed by atoms with E-state index >= 15 is 0 Å². The van der Waals surface area contributed by atoms with Gasteiger partial charge in [0.05, 0.1) is 30.8 Å². The lowest BCUT2D eigenvalue weighted by Crippen LogP contribution is -2.50. The number of aromatic nitrogens is 1. The van der Waals surface area contributed by atoms with Crippen LogP contribution in [0.1, 0.15) is 6.92 Å². The van der Waals surface area contributed by atoms with Gasteiger partial charge in [0.2, 0.25) is 10.0 Å². The van der Waals surface area contributed by atoms with Crippen molar-refractivity contribution in [3.05, 3.63) is 18.3 Å². The first-order chi connectivity index (χ1) is 9.59. The largest absolute Gasteiger partial charge is 0.395 e. The number of rotatable bonds is 5. The Morgan fingerprint density at radius 3 is 3.10 bits per heavy atom. The van der Waals surface area contributed by atoms with Crippen molar-refractivity contribution in [3.8, 4) is 0 Å². The van der Waals surface area contributed by atoms with Crippen molar-refractivity contribution in [2.45, 2.75) is 17.9 Å². The molecule has 1 atom stereocenters. The van der Waals surface area contributed by atoms with Crippen LogP contribution >= 0.6 is 0 Å². The fraction of sp³-hybridized carbons (Fsp3) is 0.583. The molecule has 1 aromatic heterocycles. The minimum atomic E-state index is -3.65. The van der Waals surface area contributed by atoms with Gasteiger partial charge in [0.25, 0.3) is 0 Å². The van der Waals surface area contributed by atoms with Crippen molar-refractivity contribution in [2.24, 2.45) is 0 Å². The zero-order valence-corrected chi connectivity index (χ0v) is 12.1. The van der Waals surface area contributed by atoms with Crippen molar-refractivity contribution in [2.75, 3.05) is 38.2 Å². The van der Waals surface area contributed by atoms with Gasteiger partial charge in [-0.2, -0.15) is 4.31 Å². The summed E-state index contributed by atoms with van der Waals surface area (Å²) in [6.45, 7) is 3.10. The van der Waals surface area contributed by atoms with E-state index in [2.05, 4.69) is 10.3 Å². The Labute approximate surface area is 118 Å². The van der Waals surface area contributed by atoms with Crippen molar-refractivity contribution in [3.63, 3.8) is 0 Å². The Morgan fingerprint density at radius 2 is 2.40 bits per heavy atom. The molecule has 2 rings (SSSR count). The second-order valence-electron chi connectivity index (χ2n) is 4.43. The van der Waals surface area contributed by atoms with Crippen LogP contribution in [-0.2, 0) is 14.8 Å². The second-order valence-corrected chi connectivity index (χ2v) is 6.32. The van der Waals surface area contributed by atoms with E-state index in [0.717, 1.165) is 0 Å². The number of pyridine rings is 1. The summed E-state index contributed by atoms with van der Waals surface area (Å²) in [5, 5.41) is 12.3. The Hall–Kier alpha value is -1.22. The number of ether oxygens (including phenoxy) is 1. The molecular formula is C12H19N3O4S. The number of nitrogens with zero attached hydrogens (tertiary/aromatic N) is 2. The maximum Gasteiger partial charge on any atom is 0.243 e. The number of morpholine rings is 1. The maximum absolute atomic E-state index is 12.6. The van der Waals surface area contributed by atoms with Crippen LogP contribution in [0.25, 0.3) is 0 Å². The fourth-order valence-electron chi connectivity index (χ4n) is 2.08. The molecule has 0 aromatic carbocycles. The van der Waals surface area contributed by atoms with E-state index in [-0.39, 0.29) is 24.7 Å². The van der Waals surface area contributed by atoms with Gasteiger partial charge in [0, 0.05) is 25.4 Å². The van der Waals surface area contributed by atoms with E-state index in [4.69, 9.17) is 4.74 Å². The number of aliphatic hydroxyl groups excluding tert-OH is 1. The molecule has 112 valence electrons. The zero-order chi connectivity index (χ0) is 14.6. The van der Waals surface area contributed by atoms with E-state index < -0.39 is 16.1 Å². The average Bonchev–Trinajstić information content (AvgIpc) is 2.48. The molecule has 0 spiro atoms. The van der Waals surface area contributed by atoms with Gasteiger partial charge in [0.15, 0.2) is 0 Å². The fourth-order valence-corrected chi connectivity index (χ4v) is 3.68. The van der Waals surface area contributed by atoms with Gasteiger partial charge in [0.1, 0.15) is 5.82 Å². The molecule has 1 aliphatic heterocycles. The molecule has 0 amide bonds. The molecule has 2 N–H and O–H groups in total. The van der Waals surface area contributed by atoms with Gasteiger partial charge in [-0.1, -0.05) is 0 Å². The number of nitrogens with one attached hydrogen (secondary N) is 1. The van der Waals surface area contributed by atoms with Gasteiger partial charge in [-0.25, -0.2) is 13.4 Å². The third-order valence-electron chi connectivity index (χ3n) is 3.08. The summed E-state index contributed by atoms with van der Waals surface area (Å²) in [5.41, 5.74) is 0. The first-order valence-electron chi connectivity index (χ1n) is 6.50. The van der Waals surface area contributed by atoms with E-state index in [1.807, 2.05) is 6.92 Å². The smallest absolute Gasteiger partial charge is 0.243 e. The summed E-state index contributed by atoms with van der Waals surface area (Å²) < 4.78 is 31.7. The van der Waals surface area contributed by atoms with Crippen LogP contribution in [0, 0.1) is 0 Å². The number of sulfonamides is 1. The van der Waals surface area contributed by atoms with Crippen molar-refractivity contribution in [1.82, 2.24) is 9.29 Å². The van der Waals surface area contributed by atoms with Crippen LogP contribution in [0.15, 0.2) is 23.2 Å². The van der Waals surface area contributed by atoms with Gasteiger partial charge in [-0.3, -0.25) is 0 Å². The lowest BCUT2D eigenvalue weighted by molar-refractivity contribution is 0.0109. The summed E-state index contributed by atoms with van der Waals surface area (Å²) in [6.07, 6.45) is 1.46. The zero-order valence-electron chi connectivity index (χ0n) is 11.3. The molecule has 1 unspecified atom stereocenters. The van der Waals surface area contributed by atoms with Crippen LogP contribution in [0.2, 0.25) is 0 Å². The van der Waals surface area contributed by atoms with Crippen LogP contribution in [0.3, 0.4) is 0 Å². The van der Waals surface area contributed by atoms with Crippen LogP contribution in [0.5, 0.6) is 0 Å². The number of hydrogen-bond acceptors (Lipinski definition) is 6. The summed E-state index contributed by atoms with van der Waals surface area (Å²) in [7, 11) is -3.65. The third-order valence-corrected chi connectivity index (χ3v) is 5.03. The molecule has 1 aliphatic rings. The number of aliphatic hydroxyl groups is 1. The molecule has 1 aromatic rings. The molecular weight excluding hydrogens is 282 g/mol. The van der Waals surface area contributed by atoms with E-state index in [0.29, 0.717) is 19.0 Å². The molecule has 20 heavy (non-hydrogen) atoms. The Morgan fingerprint density at radius 1 is 1.60 bits per heavy atom. The molecule has 0 radical (unpaired) electrons. The first-order valence-corrected chi connectivity index (χ1v) is 7.94. The highest BCUT2D eigenvalue weighted by molar-refractivity contribution is 7.89. The maximum atomic E-state index is 12.6. The predicted molar refractivity (Wildman–Crippen MR) is 74.0 cm³/mol. The topological polar surface area (TPSA) is 91.8 Å². The Bertz CT molecular complexity index is 549. The lowest BCUT2D eigenvalue weighted by atomic mass is 10.3. The second kappa shape index (κ2) is 6.49. The highest BCUT2D eigenvalue weighted by atomic mass is 32.2. The normalized spacial score (nSPS) is 20.8. The minimum absolute atomic E-state index is 0.170. The standard InChI is InChI=1S/C12H19N3O4S/c1-2-13-12-7-11(3-4-14-12)20(17,18)15-5-6-19-9-10(15)8-16/h3-4,7,10,16H,2,5-6,8-9H2,1H3,(H,13,14). The monoisotopic (exact) mass is 301 g/mol. The Kier molecular flexibility index (Phi) is 4.92. The van der Waals surface area contributed by atoms with Crippen LogP contribution < -0.4 is 5.32 Å². The third kappa shape index (κ3) is 3.09. The molecule has 0 saturated carbocycles. The summed E-state index contributed by atoms with van der Waals surface area (Å²) >= 11 is 0. The predicted octanol–water partition coefficient (Wildman–Crippen LogP) is -0.105. The van der Waals surface area contributed by atoms with Gasteiger partial charge >= 0.3 is 0 Å². The van der Waals surface area contributed by atoms with Gasteiger partial charge in [-0.15, -0.1) is 0 Å². The molecule has 7 nitrogen and oxygen atoms in total. The van der Waals surface area contributed by atoms with Crippen molar-refractivity contribution < 1.29 is 18.3 Å². The molecule has 1 fully saturated rings. The SMILES string of the molecule is CCNc1cc(S(=O)(=O)N2CCOCC2CO)ccn1. The summed E-state index contributed by atoms with van der Waals surface area (Å²) in [6, 6.07) is 2.42. The average molecular weight is 301 g/mol. The lowest BCUT2D eigenvalue weighted by Gasteiger charge is -2.33. The minimum Gasteiger partial charge on any atom is -0.395 e. The van der Waals surface area contributed by atoms with Gasteiger partial charge < -0.3 is 15.2 Å². The first kappa shape index (κ1) is 15.2. The van der Waals surface area contributed by atoms with E-state index in [1.54, 1.807) is 0 Å². The van der Waals surface area contributed by atoms with Crippen molar-refractivity contribution >= 4 is 15.8 Å². The number of anilines is 1. The van der Waals surface area contributed by atoms with Crippen LogP contribution in [0.4, 0.5) is 5.82 Å². The highest BCUT2D eigenvalue weighted by Crippen LogP contribution is 2.21. The van der Waals surface area contributed by atoms with E-state index in [1.165, 1.54) is 22.6 Å². The molecule has 1 saturated heterocycles. The van der Waals surface area contributed by atoms with E-state index in [9.17, 15) is 13.5 Å². The number of hydrogen-bond donors (Lipinski definition) is 2. The van der Waals surface area contributed by atoms with Crippen LogP contribution in [-0.4, -0.2) is 61.8 Å². The van der Waals surface area contributed by atoms with Crippen molar-refractivity contribution in [1.29, 1.82) is 0 Å². The summed E-state index contributed by atoms with van der Waals surface area (Å²) in [5.74, 6) is 0.516. The molecule has 2 heterocycles. The quantitative estimate of drug-likeness (QED) is 0.789. The summed E-state index contributed by atoms with van der Waals surface area (Å²) in [4.78, 5) is 4.23. The Balaban J connectivity index is 2.31.